The first-order valence-electron chi connectivity index (χ1n) is 7.60. The van der Waals surface area contributed by atoms with E-state index in [0.29, 0.717) is 25.4 Å². The van der Waals surface area contributed by atoms with Gasteiger partial charge < -0.3 is 14.7 Å². The zero-order valence-corrected chi connectivity index (χ0v) is 12.0. The topological polar surface area (TPSA) is 66.8 Å². The summed E-state index contributed by atoms with van der Waals surface area (Å²) in [6, 6.07) is 0. The lowest BCUT2D eigenvalue weighted by Gasteiger charge is -2.40. The molecule has 1 aliphatic heterocycles. The fourth-order valence-corrected chi connectivity index (χ4v) is 3.71. The van der Waals surface area contributed by atoms with Gasteiger partial charge in [0.2, 0.25) is 5.91 Å². The van der Waals surface area contributed by atoms with Gasteiger partial charge in [-0.05, 0) is 43.9 Å². The highest BCUT2D eigenvalue weighted by Crippen LogP contribution is 2.45. The number of methoxy groups -OCH3 is 1. The largest absolute Gasteiger partial charge is 0.481 e. The molecule has 0 unspecified atom stereocenters. The van der Waals surface area contributed by atoms with Crippen molar-refractivity contribution in [2.75, 3.05) is 20.2 Å². The van der Waals surface area contributed by atoms with Crippen molar-refractivity contribution < 1.29 is 19.4 Å². The highest BCUT2D eigenvalue weighted by Gasteiger charge is 2.48. The summed E-state index contributed by atoms with van der Waals surface area (Å²) in [4.78, 5) is 25.5. The first-order chi connectivity index (χ1) is 9.54. The highest BCUT2D eigenvalue weighted by molar-refractivity contribution is 5.80. The molecule has 0 aromatic heterocycles. The van der Waals surface area contributed by atoms with Gasteiger partial charge in [-0.25, -0.2) is 0 Å². The molecule has 1 saturated heterocycles. The molecule has 3 fully saturated rings. The van der Waals surface area contributed by atoms with Crippen LogP contribution in [-0.2, 0) is 14.3 Å². The smallest absolute Gasteiger partial charge is 0.308 e. The Morgan fingerprint density at radius 1 is 1.30 bits per heavy atom. The minimum Gasteiger partial charge on any atom is -0.481 e. The Hall–Kier alpha value is -1.10. The molecule has 0 bridgehead atoms. The maximum absolute atomic E-state index is 12.4. The van der Waals surface area contributed by atoms with Crippen LogP contribution in [0.5, 0.6) is 0 Å². The third-order valence-electron chi connectivity index (χ3n) is 5.43. The molecule has 1 N–H and O–H groups in total. The molecule has 20 heavy (non-hydrogen) atoms. The number of rotatable bonds is 5. The van der Waals surface area contributed by atoms with Gasteiger partial charge in [-0.1, -0.05) is 0 Å². The van der Waals surface area contributed by atoms with E-state index in [1.54, 1.807) is 12.0 Å². The molecule has 0 radical (unpaired) electrons. The predicted octanol–water partition coefficient (Wildman–Crippen LogP) is 1.51. The molecule has 2 aliphatic carbocycles. The average molecular weight is 281 g/mol. The summed E-state index contributed by atoms with van der Waals surface area (Å²) in [5.41, 5.74) is -0.270. The van der Waals surface area contributed by atoms with E-state index in [1.165, 1.54) is 0 Å². The van der Waals surface area contributed by atoms with Crippen molar-refractivity contribution in [2.24, 2.45) is 17.8 Å². The molecule has 3 rings (SSSR count). The van der Waals surface area contributed by atoms with Gasteiger partial charge >= 0.3 is 5.97 Å². The van der Waals surface area contributed by atoms with Crippen LogP contribution >= 0.6 is 0 Å². The number of nitrogens with zero attached hydrogens (tertiary/aromatic N) is 1. The first kappa shape index (κ1) is 13.9. The lowest BCUT2D eigenvalue weighted by Crippen LogP contribution is -2.44. The van der Waals surface area contributed by atoms with Crippen LogP contribution in [0.4, 0.5) is 0 Å². The number of aliphatic carboxylic acids is 1. The quantitative estimate of drug-likeness (QED) is 0.829. The van der Waals surface area contributed by atoms with Crippen LogP contribution in [0.3, 0.4) is 0 Å². The molecule has 1 amide bonds. The zero-order valence-electron chi connectivity index (χ0n) is 12.0. The summed E-state index contributed by atoms with van der Waals surface area (Å²) >= 11 is 0. The van der Waals surface area contributed by atoms with Gasteiger partial charge in [0.05, 0.1) is 17.9 Å². The van der Waals surface area contributed by atoms with Gasteiger partial charge in [-0.2, -0.15) is 0 Å². The summed E-state index contributed by atoms with van der Waals surface area (Å²) in [5.74, 6) is -0.361. The van der Waals surface area contributed by atoms with Gasteiger partial charge in [0.25, 0.3) is 0 Å². The molecular formula is C15H23NO4. The number of ether oxygens (including phenoxy) is 1. The monoisotopic (exact) mass is 281 g/mol. The fourth-order valence-electron chi connectivity index (χ4n) is 3.71. The molecule has 5 heteroatoms. The van der Waals surface area contributed by atoms with Crippen molar-refractivity contribution in [3.8, 4) is 0 Å². The Morgan fingerprint density at radius 2 is 2.00 bits per heavy atom. The van der Waals surface area contributed by atoms with Crippen molar-refractivity contribution in [3.63, 3.8) is 0 Å². The van der Waals surface area contributed by atoms with Crippen molar-refractivity contribution in [1.82, 2.24) is 4.90 Å². The number of hydrogen-bond donors (Lipinski definition) is 1. The number of carboxylic acid groups (broad SMARTS) is 1. The predicted molar refractivity (Wildman–Crippen MR) is 72.1 cm³/mol. The normalized spacial score (nSPS) is 31.9. The van der Waals surface area contributed by atoms with Crippen molar-refractivity contribution >= 4 is 11.9 Å². The number of likely N-dealkylation sites (tertiary alicyclic amines) is 1. The third kappa shape index (κ3) is 2.43. The highest BCUT2D eigenvalue weighted by atomic mass is 16.5. The average Bonchev–Trinajstić information content (AvgIpc) is 3.12. The first-order valence-corrected chi connectivity index (χ1v) is 7.60. The van der Waals surface area contributed by atoms with E-state index in [9.17, 15) is 14.7 Å². The van der Waals surface area contributed by atoms with E-state index in [-0.39, 0.29) is 23.3 Å². The maximum atomic E-state index is 12.4. The maximum Gasteiger partial charge on any atom is 0.308 e. The van der Waals surface area contributed by atoms with E-state index in [4.69, 9.17) is 4.74 Å². The molecule has 1 heterocycles. The molecule has 5 nitrogen and oxygen atoms in total. The summed E-state index contributed by atoms with van der Waals surface area (Å²) in [6.45, 7) is 1.01. The molecular weight excluding hydrogens is 258 g/mol. The molecule has 112 valence electrons. The van der Waals surface area contributed by atoms with Crippen LogP contribution in [-0.4, -0.2) is 47.7 Å². The van der Waals surface area contributed by atoms with Gasteiger partial charge in [-0.3, -0.25) is 9.59 Å². The molecule has 3 aliphatic rings. The van der Waals surface area contributed by atoms with Gasteiger partial charge in [0.1, 0.15) is 0 Å². The SMILES string of the molecule is COC1(CC(=O)N2C[C@H](C(=O)O)[C@@H](C3CC3)C2)CCC1. The van der Waals surface area contributed by atoms with E-state index in [2.05, 4.69) is 0 Å². The van der Waals surface area contributed by atoms with Crippen molar-refractivity contribution in [1.29, 1.82) is 0 Å². The van der Waals surface area contributed by atoms with Crippen LogP contribution in [0.25, 0.3) is 0 Å². The van der Waals surface area contributed by atoms with Crippen LogP contribution in [0.2, 0.25) is 0 Å². The van der Waals surface area contributed by atoms with E-state index in [1.807, 2.05) is 0 Å². The van der Waals surface area contributed by atoms with Crippen LogP contribution < -0.4 is 0 Å². The Balaban J connectivity index is 1.62. The van der Waals surface area contributed by atoms with E-state index in [0.717, 1.165) is 32.1 Å². The number of amides is 1. The van der Waals surface area contributed by atoms with Gasteiger partial charge in [-0.15, -0.1) is 0 Å². The summed E-state index contributed by atoms with van der Waals surface area (Å²) in [5, 5.41) is 9.33. The summed E-state index contributed by atoms with van der Waals surface area (Å²) in [6.07, 6.45) is 5.66. The molecule has 2 saturated carbocycles. The molecule has 0 aromatic carbocycles. The lowest BCUT2D eigenvalue weighted by molar-refractivity contribution is -0.144. The minimum atomic E-state index is -0.748. The van der Waals surface area contributed by atoms with Crippen LogP contribution in [0.1, 0.15) is 38.5 Å². The minimum absolute atomic E-state index is 0.0703. The van der Waals surface area contributed by atoms with Crippen LogP contribution in [0.15, 0.2) is 0 Å². The number of carboxylic acids is 1. The summed E-state index contributed by atoms with van der Waals surface area (Å²) < 4.78 is 5.50. The standard InChI is InChI=1S/C15H23NO4/c1-20-15(5-2-6-15)7-13(17)16-8-11(10-3-4-10)12(9-16)14(18)19/h10-12H,2-9H2,1H3,(H,18,19)/t11-,12+/m1/s1. The van der Waals surface area contributed by atoms with Crippen LogP contribution in [0, 0.1) is 17.8 Å². The lowest BCUT2D eigenvalue weighted by atomic mass is 9.77. The second-order valence-electron chi connectivity index (χ2n) is 6.66. The van der Waals surface area contributed by atoms with Crippen molar-refractivity contribution in [2.45, 2.75) is 44.1 Å². The van der Waals surface area contributed by atoms with E-state index < -0.39 is 5.97 Å². The third-order valence-corrected chi connectivity index (χ3v) is 5.43. The Morgan fingerprint density at radius 3 is 2.45 bits per heavy atom. The molecule has 0 spiro atoms. The Kier molecular flexibility index (Phi) is 3.48. The van der Waals surface area contributed by atoms with Gasteiger partial charge in [0, 0.05) is 20.2 Å². The Bertz CT molecular complexity index is 409. The summed E-state index contributed by atoms with van der Waals surface area (Å²) in [7, 11) is 1.67. The Labute approximate surface area is 119 Å². The number of hydrogen-bond acceptors (Lipinski definition) is 3. The molecule has 0 aromatic rings. The van der Waals surface area contributed by atoms with Crippen molar-refractivity contribution in [3.05, 3.63) is 0 Å². The molecule has 2 atom stereocenters. The second-order valence-corrected chi connectivity index (χ2v) is 6.66. The van der Waals surface area contributed by atoms with Gasteiger partial charge in [0.15, 0.2) is 0 Å². The zero-order chi connectivity index (χ0) is 14.3. The number of carbonyl (C=O) groups excluding carboxylic acids is 1. The second kappa shape index (κ2) is 5.02. The fraction of sp³-hybridized carbons (Fsp3) is 0.867. The van der Waals surface area contributed by atoms with E-state index >= 15 is 0 Å². The number of carbonyl (C=O) groups is 2.